The number of hydrogen-bond acceptors (Lipinski definition) is 2. The van der Waals surface area contributed by atoms with Crippen molar-refractivity contribution in [1.82, 2.24) is 4.90 Å². The number of amides is 2. The molecule has 1 heterocycles. The van der Waals surface area contributed by atoms with Crippen molar-refractivity contribution in [3.05, 3.63) is 29.3 Å². The van der Waals surface area contributed by atoms with Gasteiger partial charge in [0.1, 0.15) is 0 Å². The molecule has 1 unspecified atom stereocenters. The maximum atomic E-state index is 12.2. The standard InChI is InChI=1S/C14H18N2O3/c1-9-4-5-12(10(2)6-9)16-8-11(13(17)18)7-15(3)14(16)19/h4-6,11H,7-8H2,1-3H3,(H,17,18). The predicted molar refractivity (Wildman–Crippen MR) is 72.4 cm³/mol. The molecule has 102 valence electrons. The molecular formula is C14H18N2O3. The van der Waals surface area contributed by atoms with Crippen molar-refractivity contribution in [2.24, 2.45) is 5.92 Å². The number of carboxylic acids is 1. The fourth-order valence-electron chi connectivity index (χ4n) is 2.44. The van der Waals surface area contributed by atoms with E-state index in [4.69, 9.17) is 5.11 Å². The summed E-state index contributed by atoms with van der Waals surface area (Å²) in [6.07, 6.45) is 0. The highest BCUT2D eigenvalue weighted by atomic mass is 16.4. The largest absolute Gasteiger partial charge is 0.481 e. The summed E-state index contributed by atoms with van der Waals surface area (Å²) in [6.45, 7) is 4.40. The van der Waals surface area contributed by atoms with Gasteiger partial charge in [0.15, 0.2) is 0 Å². The third kappa shape index (κ3) is 2.54. The highest BCUT2D eigenvalue weighted by molar-refractivity contribution is 5.95. The molecule has 19 heavy (non-hydrogen) atoms. The minimum Gasteiger partial charge on any atom is -0.481 e. The summed E-state index contributed by atoms with van der Waals surface area (Å²) in [6, 6.07) is 5.65. The van der Waals surface area contributed by atoms with Crippen LogP contribution in [0.25, 0.3) is 0 Å². The third-order valence-electron chi connectivity index (χ3n) is 3.45. The first-order valence-electron chi connectivity index (χ1n) is 6.23. The summed E-state index contributed by atoms with van der Waals surface area (Å²) < 4.78 is 0. The zero-order chi connectivity index (χ0) is 14.2. The number of nitrogens with zero attached hydrogens (tertiary/aromatic N) is 2. The number of rotatable bonds is 2. The van der Waals surface area contributed by atoms with Crippen LogP contribution >= 0.6 is 0 Å². The van der Waals surface area contributed by atoms with Gasteiger partial charge < -0.3 is 10.0 Å². The molecular weight excluding hydrogens is 244 g/mol. The van der Waals surface area contributed by atoms with Crippen molar-refractivity contribution in [3.63, 3.8) is 0 Å². The van der Waals surface area contributed by atoms with Crippen molar-refractivity contribution in [2.75, 3.05) is 25.0 Å². The van der Waals surface area contributed by atoms with E-state index in [0.717, 1.165) is 16.8 Å². The molecule has 1 atom stereocenters. The first-order chi connectivity index (χ1) is 8.90. The number of aryl methyl sites for hydroxylation is 2. The number of urea groups is 1. The van der Waals surface area contributed by atoms with E-state index in [0.29, 0.717) is 0 Å². The van der Waals surface area contributed by atoms with Crippen LogP contribution in [0.5, 0.6) is 0 Å². The molecule has 1 aromatic carbocycles. The van der Waals surface area contributed by atoms with Crippen LogP contribution in [0.15, 0.2) is 18.2 Å². The Hall–Kier alpha value is -2.04. The highest BCUT2D eigenvalue weighted by Crippen LogP contribution is 2.26. The van der Waals surface area contributed by atoms with Gasteiger partial charge >= 0.3 is 12.0 Å². The van der Waals surface area contributed by atoms with Gasteiger partial charge in [-0.3, -0.25) is 9.69 Å². The summed E-state index contributed by atoms with van der Waals surface area (Å²) in [7, 11) is 1.63. The van der Waals surface area contributed by atoms with Crippen molar-refractivity contribution in [3.8, 4) is 0 Å². The van der Waals surface area contributed by atoms with Gasteiger partial charge in [-0.15, -0.1) is 0 Å². The third-order valence-corrected chi connectivity index (χ3v) is 3.45. The Morgan fingerprint density at radius 3 is 2.58 bits per heavy atom. The number of hydrogen-bond donors (Lipinski definition) is 1. The van der Waals surface area contributed by atoms with Crippen LogP contribution in [0.1, 0.15) is 11.1 Å². The zero-order valence-electron chi connectivity index (χ0n) is 11.4. The summed E-state index contributed by atoms with van der Waals surface area (Å²) >= 11 is 0. The number of benzene rings is 1. The van der Waals surface area contributed by atoms with Gasteiger partial charge in [-0.25, -0.2) is 4.79 Å². The molecule has 1 saturated heterocycles. The first-order valence-corrected chi connectivity index (χ1v) is 6.23. The van der Waals surface area contributed by atoms with Crippen LogP contribution in [0, 0.1) is 19.8 Å². The second kappa shape index (κ2) is 4.91. The highest BCUT2D eigenvalue weighted by Gasteiger charge is 2.34. The summed E-state index contributed by atoms with van der Waals surface area (Å²) in [5.74, 6) is -1.42. The molecule has 5 nitrogen and oxygen atoms in total. The Bertz CT molecular complexity index is 527. The Labute approximate surface area is 112 Å². The Kier molecular flexibility index (Phi) is 3.46. The quantitative estimate of drug-likeness (QED) is 0.885. The van der Waals surface area contributed by atoms with Gasteiger partial charge in [0.25, 0.3) is 0 Å². The Morgan fingerprint density at radius 2 is 2.00 bits per heavy atom. The monoisotopic (exact) mass is 262 g/mol. The van der Waals surface area contributed by atoms with E-state index >= 15 is 0 Å². The molecule has 0 spiro atoms. The normalized spacial score (nSPS) is 19.7. The number of aliphatic carboxylic acids is 1. The minimum absolute atomic E-state index is 0.149. The average Bonchev–Trinajstić information content (AvgIpc) is 2.33. The van der Waals surface area contributed by atoms with Crippen LogP contribution in [0.3, 0.4) is 0 Å². The van der Waals surface area contributed by atoms with E-state index in [-0.39, 0.29) is 19.1 Å². The molecule has 1 fully saturated rings. The number of carbonyl (C=O) groups is 2. The lowest BCUT2D eigenvalue weighted by atomic mass is 10.0. The molecule has 1 N–H and O–H groups in total. The zero-order valence-corrected chi connectivity index (χ0v) is 11.4. The van der Waals surface area contributed by atoms with Crippen molar-refractivity contribution >= 4 is 17.7 Å². The first kappa shape index (κ1) is 13.4. The molecule has 0 saturated carbocycles. The van der Waals surface area contributed by atoms with E-state index < -0.39 is 11.9 Å². The van der Waals surface area contributed by atoms with Gasteiger partial charge in [0.2, 0.25) is 0 Å². The molecule has 2 amide bonds. The molecule has 1 aromatic rings. The SMILES string of the molecule is Cc1ccc(N2CC(C(=O)O)CN(C)C2=O)c(C)c1. The van der Waals surface area contributed by atoms with Gasteiger partial charge in [0, 0.05) is 25.8 Å². The second-order valence-electron chi connectivity index (χ2n) is 5.10. The van der Waals surface area contributed by atoms with E-state index in [2.05, 4.69) is 0 Å². The fraction of sp³-hybridized carbons (Fsp3) is 0.429. The van der Waals surface area contributed by atoms with Gasteiger partial charge in [-0.05, 0) is 25.5 Å². The summed E-state index contributed by atoms with van der Waals surface area (Å²) in [5, 5.41) is 9.16. The maximum absolute atomic E-state index is 12.2. The summed E-state index contributed by atoms with van der Waals surface area (Å²) in [4.78, 5) is 26.4. The number of carboxylic acid groups (broad SMARTS) is 1. The fourth-order valence-corrected chi connectivity index (χ4v) is 2.44. The molecule has 5 heteroatoms. The van der Waals surface area contributed by atoms with Crippen LogP contribution in [-0.4, -0.2) is 42.1 Å². The Morgan fingerprint density at radius 1 is 1.32 bits per heavy atom. The summed E-state index contributed by atoms with van der Waals surface area (Å²) in [5.41, 5.74) is 2.88. The van der Waals surface area contributed by atoms with Crippen molar-refractivity contribution in [2.45, 2.75) is 13.8 Å². The van der Waals surface area contributed by atoms with E-state index in [9.17, 15) is 9.59 Å². The number of anilines is 1. The van der Waals surface area contributed by atoms with Gasteiger partial charge in [-0.1, -0.05) is 17.7 Å². The van der Waals surface area contributed by atoms with Crippen LogP contribution in [-0.2, 0) is 4.79 Å². The van der Waals surface area contributed by atoms with Gasteiger partial charge in [0.05, 0.1) is 5.92 Å². The Balaban J connectivity index is 2.35. The maximum Gasteiger partial charge on any atom is 0.324 e. The molecule has 0 aromatic heterocycles. The average molecular weight is 262 g/mol. The van der Waals surface area contributed by atoms with Crippen LogP contribution in [0.2, 0.25) is 0 Å². The van der Waals surface area contributed by atoms with Crippen molar-refractivity contribution in [1.29, 1.82) is 0 Å². The molecule has 1 aliphatic rings. The number of carbonyl (C=O) groups excluding carboxylic acids is 1. The van der Waals surface area contributed by atoms with Crippen LogP contribution in [0.4, 0.5) is 10.5 Å². The van der Waals surface area contributed by atoms with E-state index in [1.54, 1.807) is 11.9 Å². The van der Waals surface area contributed by atoms with E-state index in [1.807, 2.05) is 32.0 Å². The molecule has 0 radical (unpaired) electrons. The lowest BCUT2D eigenvalue weighted by Gasteiger charge is -2.37. The topological polar surface area (TPSA) is 60.9 Å². The molecule has 1 aliphatic heterocycles. The van der Waals surface area contributed by atoms with Crippen LogP contribution < -0.4 is 4.90 Å². The van der Waals surface area contributed by atoms with Crippen molar-refractivity contribution < 1.29 is 14.7 Å². The smallest absolute Gasteiger partial charge is 0.324 e. The minimum atomic E-state index is -0.867. The lowest BCUT2D eigenvalue weighted by Crippen LogP contribution is -2.54. The van der Waals surface area contributed by atoms with Gasteiger partial charge in [-0.2, -0.15) is 0 Å². The lowest BCUT2D eigenvalue weighted by molar-refractivity contribution is -0.142. The molecule has 0 aliphatic carbocycles. The second-order valence-corrected chi connectivity index (χ2v) is 5.10. The van der Waals surface area contributed by atoms with E-state index in [1.165, 1.54) is 4.90 Å². The molecule has 2 rings (SSSR count). The predicted octanol–water partition coefficient (Wildman–Crippen LogP) is 1.88. The molecule has 0 bridgehead atoms.